The lowest BCUT2D eigenvalue weighted by molar-refractivity contribution is -0.119. The summed E-state index contributed by atoms with van der Waals surface area (Å²) in [7, 11) is 0. The number of rotatable bonds is 7. The fourth-order valence-corrected chi connectivity index (χ4v) is 2.60. The number of hydrogen-bond acceptors (Lipinski definition) is 6. The normalized spacial score (nSPS) is 13.0. The summed E-state index contributed by atoms with van der Waals surface area (Å²) in [4.78, 5) is 48.6. The van der Waals surface area contributed by atoms with Gasteiger partial charge in [-0.3, -0.25) is 14.4 Å². The number of hydrogen-bond donors (Lipinski definition) is 0. The van der Waals surface area contributed by atoms with Gasteiger partial charge in [0.15, 0.2) is 12.4 Å². The average Bonchev–Trinajstić information content (AvgIpc) is 3.05. The summed E-state index contributed by atoms with van der Waals surface area (Å²) in [6.45, 7) is 1.99. The molecule has 0 aromatic heterocycles. The number of nitrogens with zero attached hydrogens (tertiary/aromatic N) is 1. The van der Waals surface area contributed by atoms with Crippen LogP contribution in [0.3, 0.4) is 0 Å². The van der Waals surface area contributed by atoms with Gasteiger partial charge in [-0.25, -0.2) is 9.69 Å². The third kappa shape index (κ3) is 4.15. The molecule has 0 saturated carbocycles. The minimum Gasteiger partial charge on any atom is -0.494 e. The highest BCUT2D eigenvalue weighted by Gasteiger charge is 2.25. The predicted octanol–water partition coefficient (Wildman–Crippen LogP) is 2.55. The number of benzene rings is 2. The first-order valence-electron chi connectivity index (χ1n) is 8.59. The first-order valence-corrected chi connectivity index (χ1v) is 8.59. The Kier molecular flexibility index (Phi) is 5.64. The Labute approximate surface area is 161 Å². The summed E-state index contributed by atoms with van der Waals surface area (Å²) in [5, 5.41) is 0. The number of imide groups is 1. The predicted molar refractivity (Wildman–Crippen MR) is 100 cm³/mol. The Morgan fingerprint density at radius 3 is 2.00 bits per heavy atom. The van der Waals surface area contributed by atoms with E-state index in [1.807, 2.05) is 6.92 Å². The molecule has 0 atom stereocenters. The maximum Gasteiger partial charge on any atom is 0.338 e. The van der Waals surface area contributed by atoms with E-state index in [-0.39, 0.29) is 11.3 Å². The molecule has 2 amide bonds. The van der Waals surface area contributed by atoms with Crippen molar-refractivity contribution in [2.24, 2.45) is 0 Å². The van der Waals surface area contributed by atoms with Crippen molar-refractivity contribution in [1.82, 2.24) is 0 Å². The molecule has 0 aliphatic carbocycles. The highest BCUT2D eigenvalue weighted by Crippen LogP contribution is 2.20. The van der Waals surface area contributed by atoms with Gasteiger partial charge in [-0.05, 0) is 55.5 Å². The molecular formula is C21H17NO6. The lowest BCUT2D eigenvalue weighted by atomic mass is 10.1. The molecule has 1 aliphatic rings. The van der Waals surface area contributed by atoms with Crippen LogP contribution in [0.2, 0.25) is 0 Å². The molecule has 142 valence electrons. The van der Waals surface area contributed by atoms with Crippen LogP contribution in [0.1, 0.15) is 27.6 Å². The molecule has 0 saturated heterocycles. The zero-order valence-corrected chi connectivity index (χ0v) is 15.1. The van der Waals surface area contributed by atoms with E-state index in [2.05, 4.69) is 0 Å². The van der Waals surface area contributed by atoms with Gasteiger partial charge in [0.25, 0.3) is 11.8 Å². The first kappa shape index (κ1) is 19.0. The Morgan fingerprint density at radius 2 is 1.43 bits per heavy atom. The zero-order chi connectivity index (χ0) is 20.1. The van der Waals surface area contributed by atoms with Gasteiger partial charge in [0, 0.05) is 17.7 Å². The standard InChI is InChI=1S/C21H17NO6/c1-2-27-17-9-5-14(6-10-17)18(23)13-28-21(26)15-3-7-16(8-4-15)22-19(24)11-12-20(22)25/h3-12H,2,13H2,1H3. The Morgan fingerprint density at radius 1 is 0.857 bits per heavy atom. The van der Waals surface area contributed by atoms with E-state index in [9.17, 15) is 19.2 Å². The summed E-state index contributed by atoms with van der Waals surface area (Å²) in [5.41, 5.74) is 0.961. The van der Waals surface area contributed by atoms with Crippen LogP contribution in [0.5, 0.6) is 5.75 Å². The van der Waals surface area contributed by atoms with Crippen LogP contribution in [0, 0.1) is 0 Å². The number of carbonyl (C=O) groups excluding carboxylic acids is 4. The van der Waals surface area contributed by atoms with Gasteiger partial charge in [0.1, 0.15) is 5.75 Å². The largest absolute Gasteiger partial charge is 0.494 e. The Bertz CT molecular complexity index is 926. The minimum atomic E-state index is -0.678. The average molecular weight is 379 g/mol. The van der Waals surface area contributed by atoms with Crippen molar-refractivity contribution in [3.63, 3.8) is 0 Å². The van der Waals surface area contributed by atoms with Gasteiger partial charge >= 0.3 is 5.97 Å². The van der Waals surface area contributed by atoms with Gasteiger partial charge in [-0.2, -0.15) is 0 Å². The lowest BCUT2D eigenvalue weighted by Gasteiger charge is -2.14. The molecule has 3 rings (SSSR count). The minimum absolute atomic E-state index is 0.204. The van der Waals surface area contributed by atoms with Crippen molar-refractivity contribution in [1.29, 1.82) is 0 Å². The molecule has 1 heterocycles. The number of carbonyl (C=O) groups is 4. The van der Waals surface area contributed by atoms with Gasteiger partial charge in [0.05, 0.1) is 17.9 Å². The topological polar surface area (TPSA) is 90.0 Å². The fourth-order valence-electron chi connectivity index (χ4n) is 2.60. The van der Waals surface area contributed by atoms with Crippen molar-refractivity contribution in [3.05, 3.63) is 71.8 Å². The highest BCUT2D eigenvalue weighted by atomic mass is 16.5. The van der Waals surface area contributed by atoms with E-state index >= 15 is 0 Å². The van der Waals surface area contributed by atoms with E-state index < -0.39 is 24.4 Å². The van der Waals surface area contributed by atoms with Crippen molar-refractivity contribution < 1.29 is 28.7 Å². The zero-order valence-electron chi connectivity index (χ0n) is 15.1. The second-order valence-electron chi connectivity index (χ2n) is 5.85. The number of esters is 1. The van der Waals surface area contributed by atoms with Gasteiger partial charge < -0.3 is 9.47 Å². The lowest BCUT2D eigenvalue weighted by Crippen LogP contribution is -2.29. The third-order valence-electron chi connectivity index (χ3n) is 3.99. The smallest absolute Gasteiger partial charge is 0.338 e. The molecule has 7 heteroatoms. The Hall–Kier alpha value is -3.74. The number of ketones is 1. The molecule has 0 N–H and O–H groups in total. The molecule has 0 fully saturated rings. The van der Waals surface area contributed by atoms with Crippen LogP contribution in [-0.4, -0.2) is 36.8 Å². The van der Waals surface area contributed by atoms with Crippen LogP contribution in [0.15, 0.2) is 60.7 Å². The highest BCUT2D eigenvalue weighted by molar-refractivity contribution is 6.28. The first-order chi connectivity index (χ1) is 13.5. The van der Waals surface area contributed by atoms with Gasteiger partial charge in [0.2, 0.25) is 0 Å². The van der Waals surface area contributed by atoms with E-state index in [1.54, 1.807) is 24.3 Å². The second kappa shape index (κ2) is 8.30. The van der Waals surface area contributed by atoms with Crippen LogP contribution in [0.4, 0.5) is 5.69 Å². The second-order valence-corrected chi connectivity index (χ2v) is 5.85. The molecule has 0 radical (unpaired) electrons. The van der Waals surface area contributed by atoms with Crippen molar-refractivity contribution in [3.8, 4) is 5.75 Å². The molecule has 2 aromatic rings. The molecule has 2 aromatic carbocycles. The van der Waals surface area contributed by atoms with Crippen LogP contribution < -0.4 is 9.64 Å². The maximum atomic E-state index is 12.1. The molecule has 1 aliphatic heterocycles. The number of ether oxygens (including phenoxy) is 2. The van der Waals surface area contributed by atoms with Crippen molar-refractivity contribution >= 4 is 29.3 Å². The van der Waals surface area contributed by atoms with Crippen LogP contribution in [0.25, 0.3) is 0 Å². The van der Waals surface area contributed by atoms with E-state index in [1.165, 1.54) is 36.4 Å². The number of anilines is 1. The van der Waals surface area contributed by atoms with Crippen molar-refractivity contribution in [2.75, 3.05) is 18.1 Å². The summed E-state index contributed by atoms with van der Waals surface area (Å²) in [6, 6.07) is 12.3. The quantitative estimate of drug-likeness (QED) is 0.417. The number of amides is 2. The maximum absolute atomic E-state index is 12.1. The third-order valence-corrected chi connectivity index (χ3v) is 3.99. The van der Waals surface area contributed by atoms with E-state index in [0.29, 0.717) is 23.6 Å². The van der Waals surface area contributed by atoms with E-state index in [0.717, 1.165) is 4.90 Å². The van der Waals surface area contributed by atoms with Crippen LogP contribution >= 0.6 is 0 Å². The van der Waals surface area contributed by atoms with Gasteiger partial charge in [-0.1, -0.05) is 0 Å². The molecule has 0 spiro atoms. The molecule has 0 bridgehead atoms. The molecule has 7 nitrogen and oxygen atoms in total. The monoisotopic (exact) mass is 379 g/mol. The summed E-state index contributed by atoms with van der Waals surface area (Å²) in [5.74, 6) is -1.25. The van der Waals surface area contributed by atoms with E-state index in [4.69, 9.17) is 9.47 Å². The molecule has 28 heavy (non-hydrogen) atoms. The van der Waals surface area contributed by atoms with Crippen LogP contribution in [-0.2, 0) is 14.3 Å². The van der Waals surface area contributed by atoms with Gasteiger partial charge in [-0.15, -0.1) is 0 Å². The summed E-state index contributed by atoms with van der Waals surface area (Å²) < 4.78 is 10.4. The molecular weight excluding hydrogens is 362 g/mol. The summed E-state index contributed by atoms with van der Waals surface area (Å²) in [6.07, 6.45) is 2.36. The molecule has 0 unspecified atom stereocenters. The van der Waals surface area contributed by atoms with Crippen molar-refractivity contribution in [2.45, 2.75) is 6.92 Å². The summed E-state index contributed by atoms with van der Waals surface area (Å²) >= 11 is 0. The SMILES string of the molecule is CCOc1ccc(C(=O)COC(=O)c2ccc(N3C(=O)C=CC3=O)cc2)cc1. The Balaban J connectivity index is 1.58. The fraction of sp³-hybridized carbons (Fsp3) is 0.143. The number of Topliss-reactive ketones (excluding diaryl/α,β-unsaturated/α-hetero) is 1.